The molecule has 0 fully saturated rings. The van der Waals surface area contributed by atoms with Crippen LogP contribution in [0.3, 0.4) is 0 Å². The molecule has 3 N–H and O–H groups in total. The summed E-state index contributed by atoms with van der Waals surface area (Å²) in [5.74, 6) is 0.00435. The Hall–Kier alpha value is -1.40. The minimum atomic E-state index is 0.00435. The number of halogens is 1. The molecule has 3 rings (SSSR count). The van der Waals surface area contributed by atoms with Gasteiger partial charge < -0.3 is 11.1 Å². The fraction of sp³-hybridized carbons (Fsp3) is 0.389. The van der Waals surface area contributed by atoms with Gasteiger partial charge in [-0.3, -0.25) is 9.69 Å². The van der Waals surface area contributed by atoms with Crippen molar-refractivity contribution in [2.75, 3.05) is 19.6 Å². The summed E-state index contributed by atoms with van der Waals surface area (Å²) < 4.78 is 0. The minimum Gasteiger partial charge on any atom is -0.354 e. The van der Waals surface area contributed by atoms with Crippen molar-refractivity contribution in [2.45, 2.75) is 25.4 Å². The Morgan fingerprint density at radius 2 is 2.12 bits per heavy atom. The van der Waals surface area contributed by atoms with E-state index in [0.29, 0.717) is 19.5 Å². The molecule has 1 aromatic carbocycles. The molecular weight excluding hydrogens is 342 g/mol. The average Bonchev–Trinajstić information content (AvgIpc) is 3.04. The second-order valence-electron chi connectivity index (χ2n) is 6.00. The quantitative estimate of drug-likeness (QED) is 0.829. The molecule has 4 nitrogen and oxygen atoms in total. The highest BCUT2D eigenvalue weighted by atomic mass is 35.5. The van der Waals surface area contributed by atoms with E-state index in [1.54, 1.807) is 0 Å². The lowest BCUT2D eigenvalue weighted by Gasteiger charge is -2.35. The van der Waals surface area contributed by atoms with Gasteiger partial charge in [-0.05, 0) is 41.1 Å². The zero-order valence-electron chi connectivity index (χ0n) is 13.5. The maximum atomic E-state index is 11.8. The van der Waals surface area contributed by atoms with Crippen molar-refractivity contribution in [1.29, 1.82) is 0 Å². The zero-order chi connectivity index (χ0) is 16.9. The highest BCUT2D eigenvalue weighted by Gasteiger charge is 2.25. The Morgan fingerprint density at radius 3 is 2.88 bits per heavy atom. The number of nitrogens with one attached hydrogen (secondary N) is 1. The molecule has 1 aliphatic heterocycles. The molecule has 0 aliphatic carbocycles. The van der Waals surface area contributed by atoms with Gasteiger partial charge in [-0.1, -0.05) is 23.7 Å². The second kappa shape index (κ2) is 8.12. The molecule has 1 atom stereocenters. The maximum absolute atomic E-state index is 11.8. The molecular formula is C18H22ClN3OS. The third-order valence-corrected chi connectivity index (χ3v) is 5.67. The van der Waals surface area contributed by atoms with Crippen molar-refractivity contribution >= 4 is 28.8 Å². The van der Waals surface area contributed by atoms with Crippen LogP contribution in [0.4, 0.5) is 0 Å². The Labute approximate surface area is 151 Å². The molecule has 24 heavy (non-hydrogen) atoms. The molecule has 2 heterocycles. The number of benzene rings is 1. The summed E-state index contributed by atoms with van der Waals surface area (Å²) in [5, 5.41) is 5.91. The van der Waals surface area contributed by atoms with Crippen molar-refractivity contribution < 1.29 is 4.79 Å². The van der Waals surface area contributed by atoms with E-state index in [0.717, 1.165) is 24.5 Å². The molecule has 0 saturated heterocycles. The van der Waals surface area contributed by atoms with Gasteiger partial charge in [-0.15, -0.1) is 11.3 Å². The van der Waals surface area contributed by atoms with Gasteiger partial charge >= 0.3 is 0 Å². The van der Waals surface area contributed by atoms with Crippen LogP contribution in [-0.4, -0.2) is 30.4 Å². The molecule has 1 aliphatic rings. The van der Waals surface area contributed by atoms with Crippen molar-refractivity contribution in [3.05, 3.63) is 56.7 Å². The highest BCUT2D eigenvalue weighted by molar-refractivity contribution is 7.10. The molecule has 6 heteroatoms. The standard InChI is InChI=1S/C18H22ClN3OS/c19-15-3-1-13(2-4-15)16(11-21-18(23)5-8-20)22-9-6-17-14(12-22)7-10-24-17/h1-4,7,10,16H,5-6,8-9,11-12,20H2,(H,21,23). The summed E-state index contributed by atoms with van der Waals surface area (Å²) in [4.78, 5) is 15.8. The smallest absolute Gasteiger partial charge is 0.221 e. The van der Waals surface area contributed by atoms with Crippen LogP contribution in [0.5, 0.6) is 0 Å². The average molecular weight is 364 g/mol. The molecule has 1 aromatic heterocycles. The van der Waals surface area contributed by atoms with Gasteiger partial charge in [0.2, 0.25) is 5.91 Å². The zero-order valence-corrected chi connectivity index (χ0v) is 15.1. The monoisotopic (exact) mass is 363 g/mol. The van der Waals surface area contributed by atoms with Crippen molar-refractivity contribution in [3.63, 3.8) is 0 Å². The lowest BCUT2D eigenvalue weighted by Crippen LogP contribution is -2.40. The number of hydrogen-bond donors (Lipinski definition) is 2. The number of fused-ring (bicyclic) bond motifs is 1. The van der Waals surface area contributed by atoms with Crippen molar-refractivity contribution in [1.82, 2.24) is 10.2 Å². The molecule has 0 saturated carbocycles. The van der Waals surface area contributed by atoms with Gasteiger partial charge in [0.05, 0.1) is 6.04 Å². The molecule has 2 aromatic rings. The van der Waals surface area contributed by atoms with Crippen LogP contribution in [-0.2, 0) is 17.8 Å². The predicted molar refractivity (Wildman–Crippen MR) is 99.3 cm³/mol. The van der Waals surface area contributed by atoms with E-state index in [-0.39, 0.29) is 11.9 Å². The lowest BCUT2D eigenvalue weighted by molar-refractivity contribution is -0.121. The van der Waals surface area contributed by atoms with Crippen LogP contribution in [0.15, 0.2) is 35.7 Å². The Morgan fingerprint density at radius 1 is 1.33 bits per heavy atom. The van der Waals surface area contributed by atoms with Crippen LogP contribution in [0, 0.1) is 0 Å². The first-order valence-electron chi connectivity index (χ1n) is 8.19. The van der Waals surface area contributed by atoms with Crippen molar-refractivity contribution in [3.8, 4) is 0 Å². The van der Waals surface area contributed by atoms with Crippen LogP contribution >= 0.6 is 22.9 Å². The molecule has 128 valence electrons. The highest BCUT2D eigenvalue weighted by Crippen LogP contribution is 2.30. The van der Waals surface area contributed by atoms with Gasteiger partial charge in [0.15, 0.2) is 0 Å². The van der Waals surface area contributed by atoms with Crippen LogP contribution in [0.1, 0.15) is 28.5 Å². The third kappa shape index (κ3) is 4.16. The number of thiophene rings is 1. The molecule has 0 radical (unpaired) electrons. The number of hydrogen-bond acceptors (Lipinski definition) is 4. The van der Waals surface area contributed by atoms with Gasteiger partial charge in [-0.25, -0.2) is 0 Å². The second-order valence-corrected chi connectivity index (χ2v) is 7.44. The van der Waals surface area contributed by atoms with E-state index in [4.69, 9.17) is 17.3 Å². The predicted octanol–water partition coefficient (Wildman–Crippen LogP) is 2.97. The largest absolute Gasteiger partial charge is 0.354 e. The van der Waals surface area contributed by atoms with E-state index in [9.17, 15) is 4.79 Å². The SMILES string of the molecule is NCCC(=O)NCC(c1ccc(Cl)cc1)N1CCc2sccc2C1. The van der Waals surface area contributed by atoms with E-state index in [2.05, 4.69) is 21.7 Å². The number of nitrogens with zero attached hydrogens (tertiary/aromatic N) is 1. The van der Waals surface area contributed by atoms with E-state index >= 15 is 0 Å². The fourth-order valence-corrected chi connectivity index (χ4v) is 4.12. The number of rotatable bonds is 6. The van der Waals surface area contributed by atoms with Crippen molar-refractivity contribution in [2.24, 2.45) is 5.73 Å². The summed E-state index contributed by atoms with van der Waals surface area (Å²) in [6, 6.07) is 10.3. The molecule has 0 bridgehead atoms. The first-order valence-corrected chi connectivity index (χ1v) is 9.44. The van der Waals surface area contributed by atoms with Gasteiger partial charge in [0.1, 0.15) is 0 Å². The summed E-state index contributed by atoms with van der Waals surface area (Å²) in [6.45, 7) is 2.87. The molecule has 0 spiro atoms. The Kier molecular flexibility index (Phi) is 5.89. The summed E-state index contributed by atoms with van der Waals surface area (Å²) in [6.07, 6.45) is 1.43. The third-order valence-electron chi connectivity index (χ3n) is 4.40. The Balaban J connectivity index is 1.76. The fourth-order valence-electron chi connectivity index (χ4n) is 3.11. The van der Waals surface area contributed by atoms with Gasteiger partial charge in [0.25, 0.3) is 0 Å². The summed E-state index contributed by atoms with van der Waals surface area (Å²) in [5.41, 5.74) is 8.04. The minimum absolute atomic E-state index is 0.00435. The van der Waals surface area contributed by atoms with E-state index < -0.39 is 0 Å². The topological polar surface area (TPSA) is 58.4 Å². The normalized spacial score (nSPS) is 15.8. The molecule has 1 unspecified atom stereocenters. The first kappa shape index (κ1) is 17.4. The van der Waals surface area contributed by atoms with Crippen LogP contribution in [0.2, 0.25) is 5.02 Å². The lowest BCUT2D eigenvalue weighted by atomic mass is 10.0. The maximum Gasteiger partial charge on any atom is 0.221 e. The van der Waals surface area contributed by atoms with Crippen LogP contribution < -0.4 is 11.1 Å². The summed E-state index contributed by atoms with van der Waals surface area (Å²) in [7, 11) is 0. The Bertz CT molecular complexity index is 686. The van der Waals surface area contributed by atoms with E-state index in [1.165, 1.54) is 16.0 Å². The first-order chi connectivity index (χ1) is 11.7. The number of carbonyl (C=O) groups is 1. The number of carbonyl (C=O) groups excluding carboxylic acids is 1. The summed E-state index contributed by atoms with van der Waals surface area (Å²) >= 11 is 7.86. The molecule has 1 amide bonds. The number of amides is 1. The van der Waals surface area contributed by atoms with E-state index in [1.807, 2.05) is 35.6 Å². The van der Waals surface area contributed by atoms with Gasteiger partial charge in [0, 0.05) is 42.5 Å². The van der Waals surface area contributed by atoms with Gasteiger partial charge in [-0.2, -0.15) is 0 Å². The number of nitrogens with two attached hydrogens (primary N) is 1. The van der Waals surface area contributed by atoms with Crippen LogP contribution in [0.25, 0.3) is 0 Å².